The van der Waals surface area contributed by atoms with E-state index in [4.69, 9.17) is 14.6 Å². The molecule has 0 bridgehead atoms. The molecule has 1 N–H and O–H groups in total. The monoisotopic (exact) mass is 359 g/mol. The highest BCUT2D eigenvalue weighted by molar-refractivity contribution is 5.94. The topological polar surface area (TPSA) is 93.9 Å². The van der Waals surface area contributed by atoms with Gasteiger partial charge in [0.2, 0.25) is 0 Å². The maximum Gasteiger partial charge on any atom is 0.341 e. The van der Waals surface area contributed by atoms with E-state index in [0.717, 1.165) is 5.56 Å². The number of aromatic nitrogens is 2. The van der Waals surface area contributed by atoms with Crippen LogP contribution in [-0.2, 0) is 22.2 Å². The minimum absolute atomic E-state index is 0.149. The quantitative estimate of drug-likeness (QED) is 0.864. The first kappa shape index (κ1) is 17.9. The summed E-state index contributed by atoms with van der Waals surface area (Å²) >= 11 is 0. The number of carboxylic acid groups (broad SMARTS) is 1. The van der Waals surface area contributed by atoms with Gasteiger partial charge >= 0.3 is 5.97 Å². The van der Waals surface area contributed by atoms with Crippen molar-refractivity contribution in [1.82, 2.24) is 14.7 Å². The second-order valence-corrected chi connectivity index (χ2v) is 6.42. The van der Waals surface area contributed by atoms with Crippen LogP contribution in [0.3, 0.4) is 0 Å². The summed E-state index contributed by atoms with van der Waals surface area (Å²) in [6, 6.07) is 6.54. The van der Waals surface area contributed by atoms with Crippen LogP contribution in [0.15, 0.2) is 36.7 Å². The fourth-order valence-electron chi connectivity index (χ4n) is 2.96. The van der Waals surface area contributed by atoms with Crippen molar-refractivity contribution in [3.05, 3.63) is 47.8 Å². The van der Waals surface area contributed by atoms with E-state index >= 15 is 0 Å². The Hall–Kier alpha value is -2.87. The molecule has 1 aromatic heterocycles. The number of aryl methyl sites for hydroxylation is 1. The first-order valence-electron chi connectivity index (χ1n) is 8.24. The number of amides is 1. The van der Waals surface area contributed by atoms with Gasteiger partial charge in [0.15, 0.2) is 6.61 Å². The third-order valence-electron chi connectivity index (χ3n) is 4.32. The number of carbonyl (C=O) groups is 2. The molecule has 1 saturated heterocycles. The minimum atomic E-state index is -1.07. The molecule has 0 aliphatic carbocycles. The smallest absolute Gasteiger partial charge is 0.341 e. The van der Waals surface area contributed by atoms with Crippen molar-refractivity contribution in [3.63, 3.8) is 0 Å². The van der Waals surface area contributed by atoms with E-state index in [0.29, 0.717) is 31.0 Å². The van der Waals surface area contributed by atoms with E-state index < -0.39 is 18.2 Å². The highest BCUT2D eigenvalue weighted by Crippen LogP contribution is 2.30. The normalized spacial score (nSPS) is 20.0. The van der Waals surface area contributed by atoms with Crippen LogP contribution in [0.1, 0.15) is 22.8 Å². The number of hydrogen-bond acceptors (Lipinski definition) is 5. The summed E-state index contributed by atoms with van der Waals surface area (Å²) < 4.78 is 12.8. The number of rotatable bonds is 5. The molecule has 2 heterocycles. The maximum atomic E-state index is 12.9. The van der Waals surface area contributed by atoms with E-state index in [1.807, 2.05) is 20.2 Å². The van der Waals surface area contributed by atoms with Gasteiger partial charge in [-0.2, -0.15) is 5.10 Å². The summed E-state index contributed by atoms with van der Waals surface area (Å²) in [5.74, 6) is -0.868. The number of hydrogen-bond donors (Lipinski definition) is 1. The second kappa shape index (κ2) is 7.17. The standard InChI is InChI=1S/C18H21N3O5/c1-18(14-9-19-20(2)10-14)12-21(6-7-26-18)17(24)13-4-3-5-15(8-13)25-11-16(22)23/h3-5,8-10H,6-7,11-12H2,1-2H3,(H,22,23). The van der Waals surface area contributed by atoms with Crippen molar-refractivity contribution in [3.8, 4) is 5.75 Å². The Bertz CT molecular complexity index is 819. The Morgan fingerprint density at radius 1 is 1.42 bits per heavy atom. The van der Waals surface area contributed by atoms with E-state index in [-0.39, 0.29) is 5.91 Å². The van der Waals surface area contributed by atoms with Crippen LogP contribution in [-0.4, -0.2) is 58.0 Å². The fraction of sp³-hybridized carbons (Fsp3) is 0.389. The number of aliphatic carboxylic acids is 1. The highest BCUT2D eigenvalue weighted by Gasteiger charge is 2.37. The van der Waals surface area contributed by atoms with Crippen LogP contribution in [0.5, 0.6) is 5.75 Å². The van der Waals surface area contributed by atoms with E-state index in [1.165, 1.54) is 0 Å². The van der Waals surface area contributed by atoms with Crippen molar-refractivity contribution in [2.45, 2.75) is 12.5 Å². The largest absolute Gasteiger partial charge is 0.482 e. The van der Waals surface area contributed by atoms with Crippen molar-refractivity contribution in [1.29, 1.82) is 0 Å². The molecule has 1 fully saturated rings. The van der Waals surface area contributed by atoms with E-state index in [2.05, 4.69) is 5.10 Å². The molecule has 1 aliphatic rings. The minimum Gasteiger partial charge on any atom is -0.482 e. The van der Waals surface area contributed by atoms with Gasteiger partial charge < -0.3 is 19.5 Å². The molecule has 138 valence electrons. The van der Waals surface area contributed by atoms with E-state index in [1.54, 1.807) is 40.0 Å². The lowest BCUT2D eigenvalue weighted by Gasteiger charge is -2.40. The molecule has 1 atom stereocenters. The second-order valence-electron chi connectivity index (χ2n) is 6.42. The van der Waals surface area contributed by atoms with Gasteiger partial charge in [0.25, 0.3) is 5.91 Å². The van der Waals surface area contributed by atoms with Crippen LogP contribution in [0.2, 0.25) is 0 Å². The van der Waals surface area contributed by atoms with Crippen LogP contribution >= 0.6 is 0 Å². The molecular weight excluding hydrogens is 338 g/mol. The third kappa shape index (κ3) is 3.85. The third-order valence-corrected chi connectivity index (χ3v) is 4.32. The molecule has 1 unspecified atom stereocenters. The average Bonchev–Trinajstić information content (AvgIpc) is 3.07. The molecule has 26 heavy (non-hydrogen) atoms. The molecule has 8 nitrogen and oxygen atoms in total. The van der Waals surface area contributed by atoms with Gasteiger partial charge in [0.05, 0.1) is 19.3 Å². The lowest BCUT2D eigenvalue weighted by atomic mass is 9.96. The fourth-order valence-corrected chi connectivity index (χ4v) is 2.96. The van der Waals surface area contributed by atoms with Gasteiger partial charge in [-0.3, -0.25) is 9.48 Å². The molecule has 3 rings (SSSR count). The molecule has 1 amide bonds. The molecule has 0 radical (unpaired) electrons. The number of morpholine rings is 1. The molecule has 0 spiro atoms. The van der Waals surface area contributed by atoms with E-state index in [9.17, 15) is 9.59 Å². The van der Waals surface area contributed by atoms with Gasteiger partial charge in [-0.05, 0) is 25.1 Å². The van der Waals surface area contributed by atoms with Gasteiger partial charge in [-0.15, -0.1) is 0 Å². The summed E-state index contributed by atoms with van der Waals surface area (Å²) in [7, 11) is 1.83. The summed E-state index contributed by atoms with van der Waals surface area (Å²) in [5, 5.41) is 12.9. The predicted molar refractivity (Wildman–Crippen MR) is 92.0 cm³/mol. The first-order valence-corrected chi connectivity index (χ1v) is 8.24. The summed E-state index contributed by atoms with van der Waals surface area (Å²) in [6.07, 6.45) is 3.63. The molecular formula is C18H21N3O5. The van der Waals surface area contributed by atoms with Crippen molar-refractivity contribution in [2.75, 3.05) is 26.3 Å². The highest BCUT2D eigenvalue weighted by atomic mass is 16.5. The van der Waals surface area contributed by atoms with Gasteiger partial charge in [-0.25, -0.2) is 4.79 Å². The Morgan fingerprint density at radius 3 is 2.92 bits per heavy atom. The van der Waals surface area contributed by atoms with Gasteiger partial charge in [0, 0.05) is 30.9 Å². The van der Waals surface area contributed by atoms with Crippen LogP contribution in [0.25, 0.3) is 0 Å². The van der Waals surface area contributed by atoms with Crippen molar-refractivity contribution in [2.24, 2.45) is 7.05 Å². The predicted octanol–water partition coefficient (Wildman–Crippen LogP) is 1.27. The van der Waals surface area contributed by atoms with Crippen molar-refractivity contribution >= 4 is 11.9 Å². The average molecular weight is 359 g/mol. The first-order chi connectivity index (χ1) is 12.4. The SMILES string of the molecule is Cn1cc(C2(C)CN(C(=O)c3cccc(OCC(=O)O)c3)CCO2)cn1. The molecule has 1 aliphatic heterocycles. The Kier molecular flexibility index (Phi) is 4.94. The Morgan fingerprint density at radius 2 is 2.23 bits per heavy atom. The summed E-state index contributed by atoms with van der Waals surface area (Å²) in [4.78, 5) is 25.2. The summed E-state index contributed by atoms with van der Waals surface area (Å²) in [6.45, 7) is 2.79. The molecule has 8 heteroatoms. The Labute approximate surface area is 150 Å². The van der Waals surface area contributed by atoms with Gasteiger partial charge in [-0.1, -0.05) is 6.07 Å². The number of benzene rings is 1. The summed E-state index contributed by atoms with van der Waals surface area (Å²) in [5.41, 5.74) is 0.735. The van der Waals surface area contributed by atoms with Crippen LogP contribution < -0.4 is 4.74 Å². The lowest BCUT2D eigenvalue weighted by Crippen LogP contribution is -2.50. The zero-order valence-corrected chi connectivity index (χ0v) is 14.7. The molecule has 0 saturated carbocycles. The van der Waals surface area contributed by atoms with Crippen LogP contribution in [0, 0.1) is 0 Å². The molecule has 1 aromatic carbocycles. The Balaban J connectivity index is 1.75. The molecule has 2 aromatic rings. The number of ether oxygens (including phenoxy) is 2. The van der Waals surface area contributed by atoms with Crippen LogP contribution in [0.4, 0.5) is 0 Å². The number of nitrogens with zero attached hydrogens (tertiary/aromatic N) is 3. The number of carbonyl (C=O) groups excluding carboxylic acids is 1. The zero-order chi connectivity index (χ0) is 18.7. The number of carboxylic acids is 1. The van der Waals surface area contributed by atoms with Crippen molar-refractivity contribution < 1.29 is 24.2 Å². The van der Waals surface area contributed by atoms with Gasteiger partial charge in [0.1, 0.15) is 11.4 Å². The maximum absolute atomic E-state index is 12.9. The zero-order valence-electron chi connectivity index (χ0n) is 14.7. The lowest BCUT2D eigenvalue weighted by molar-refractivity contribution is -0.139.